The van der Waals surface area contributed by atoms with E-state index in [0.717, 1.165) is 30.8 Å². The van der Waals surface area contributed by atoms with Crippen LogP contribution in [0.5, 0.6) is 5.75 Å². The van der Waals surface area contributed by atoms with Crippen LogP contribution in [0.15, 0.2) is 42.6 Å². The first-order chi connectivity index (χ1) is 11.7. The van der Waals surface area contributed by atoms with Gasteiger partial charge in [-0.1, -0.05) is 18.2 Å². The SMILES string of the molecule is COc1ccccc1CC(c1ncccc1C(=O)O)C1CCNC1. The summed E-state index contributed by atoms with van der Waals surface area (Å²) in [6.07, 6.45) is 3.42. The van der Waals surface area contributed by atoms with Crippen LogP contribution in [0.4, 0.5) is 0 Å². The van der Waals surface area contributed by atoms with Gasteiger partial charge in [-0.05, 0) is 55.6 Å². The Labute approximate surface area is 141 Å². The molecule has 5 heteroatoms. The van der Waals surface area contributed by atoms with Gasteiger partial charge in [0.2, 0.25) is 0 Å². The van der Waals surface area contributed by atoms with E-state index in [0.29, 0.717) is 23.6 Å². The van der Waals surface area contributed by atoms with Crippen LogP contribution in [0.2, 0.25) is 0 Å². The molecule has 1 aromatic carbocycles. The predicted molar refractivity (Wildman–Crippen MR) is 91.6 cm³/mol. The fourth-order valence-electron chi connectivity index (χ4n) is 3.51. The van der Waals surface area contributed by atoms with Gasteiger partial charge >= 0.3 is 5.97 Å². The fraction of sp³-hybridized carbons (Fsp3) is 0.368. The van der Waals surface area contributed by atoms with Crippen LogP contribution in [0, 0.1) is 5.92 Å². The predicted octanol–water partition coefficient (Wildman–Crippen LogP) is 2.72. The number of ether oxygens (including phenoxy) is 1. The van der Waals surface area contributed by atoms with E-state index in [1.54, 1.807) is 25.4 Å². The average molecular weight is 326 g/mol. The molecule has 0 aliphatic carbocycles. The van der Waals surface area contributed by atoms with Gasteiger partial charge in [-0.25, -0.2) is 4.79 Å². The highest BCUT2D eigenvalue weighted by Gasteiger charge is 2.31. The fourth-order valence-corrected chi connectivity index (χ4v) is 3.51. The molecular weight excluding hydrogens is 304 g/mol. The molecule has 0 saturated carbocycles. The molecule has 3 rings (SSSR count). The molecule has 5 nitrogen and oxygen atoms in total. The summed E-state index contributed by atoms with van der Waals surface area (Å²) >= 11 is 0. The number of carboxylic acid groups (broad SMARTS) is 1. The summed E-state index contributed by atoms with van der Waals surface area (Å²) in [5, 5.41) is 12.9. The number of hydrogen-bond acceptors (Lipinski definition) is 4. The van der Waals surface area contributed by atoms with E-state index in [-0.39, 0.29) is 5.92 Å². The lowest BCUT2D eigenvalue weighted by Crippen LogP contribution is -2.22. The number of pyridine rings is 1. The van der Waals surface area contributed by atoms with Crippen molar-refractivity contribution in [3.8, 4) is 5.75 Å². The Morgan fingerprint density at radius 2 is 2.21 bits per heavy atom. The Kier molecular flexibility index (Phi) is 5.11. The summed E-state index contributed by atoms with van der Waals surface area (Å²) in [6.45, 7) is 1.85. The van der Waals surface area contributed by atoms with Crippen molar-refractivity contribution < 1.29 is 14.6 Å². The topological polar surface area (TPSA) is 71.5 Å². The Hall–Kier alpha value is -2.40. The molecule has 0 bridgehead atoms. The summed E-state index contributed by atoms with van der Waals surface area (Å²) in [7, 11) is 1.66. The van der Waals surface area contributed by atoms with Crippen molar-refractivity contribution in [2.45, 2.75) is 18.8 Å². The van der Waals surface area contributed by atoms with Gasteiger partial charge in [0.1, 0.15) is 5.75 Å². The molecule has 126 valence electrons. The molecule has 24 heavy (non-hydrogen) atoms. The Balaban J connectivity index is 2.00. The largest absolute Gasteiger partial charge is 0.496 e. The first-order valence-electron chi connectivity index (χ1n) is 8.21. The zero-order valence-electron chi connectivity index (χ0n) is 13.7. The molecule has 0 radical (unpaired) electrons. The Morgan fingerprint density at radius 3 is 2.92 bits per heavy atom. The second-order valence-electron chi connectivity index (χ2n) is 6.12. The molecule has 1 aliphatic heterocycles. The van der Waals surface area contributed by atoms with Gasteiger partial charge in [0.05, 0.1) is 18.4 Å². The summed E-state index contributed by atoms with van der Waals surface area (Å²) in [5.74, 6) is 0.321. The van der Waals surface area contributed by atoms with E-state index in [2.05, 4.69) is 10.3 Å². The number of methoxy groups -OCH3 is 1. The molecule has 1 fully saturated rings. The Bertz CT molecular complexity index is 711. The van der Waals surface area contributed by atoms with Gasteiger partial charge in [0, 0.05) is 12.1 Å². The zero-order chi connectivity index (χ0) is 16.9. The summed E-state index contributed by atoms with van der Waals surface area (Å²) < 4.78 is 5.47. The normalized spacial score (nSPS) is 18.3. The first-order valence-corrected chi connectivity index (χ1v) is 8.21. The lowest BCUT2D eigenvalue weighted by atomic mass is 9.81. The molecule has 2 atom stereocenters. The van der Waals surface area contributed by atoms with Crippen LogP contribution in [0.25, 0.3) is 0 Å². The van der Waals surface area contributed by atoms with Gasteiger partial charge < -0.3 is 15.2 Å². The van der Waals surface area contributed by atoms with E-state index in [9.17, 15) is 9.90 Å². The monoisotopic (exact) mass is 326 g/mol. The van der Waals surface area contributed by atoms with E-state index in [1.165, 1.54) is 0 Å². The second kappa shape index (κ2) is 7.45. The third-order valence-electron chi connectivity index (χ3n) is 4.72. The number of aromatic carboxylic acids is 1. The van der Waals surface area contributed by atoms with Crippen LogP contribution in [0.1, 0.15) is 34.0 Å². The van der Waals surface area contributed by atoms with Gasteiger partial charge in [0.25, 0.3) is 0 Å². The minimum Gasteiger partial charge on any atom is -0.496 e. The minimum absolute atomic E-state index is 0.0450. The maximum atomic E-state index is 11.6. The van der Waals surface area contributed by atoms with Crippen molar-refractivity contribution in [1.82, 2.24) is 10.3 Å². The van der Waals surface area contributed by atoms with Crippen molar-refractivity contribution in [3.05, 3.63) is 59.4 Å². The van der Waals surface area contributed by atoms with E-state index in [4.69, 9.17) is 4.74 Å². The summed E-state index contributed by atoms with van der Waals surface area (Å²) in [5.41, 5.74) is 2.05. The highest BCUT2D eigenvalue weighted by Crippen LogP contribution is 2.35. The minimum atomic E-state index is -0.922. The molecule has 1 aromatic heterocycles. The number of rotatable bonds is 6. The molecule has 2 heterocycles. The number of carbonyl (C=O) groups is 1. The lowest BCUT2D eigenvalue weighted by molar-refractivity contribution is 0.0694. The molecule has 0 spiro atoms. The van der Waals surface area contributed by atoms with Crippen molar-refractivity contribution in [2.24, 2.45) is 5.92 Å². The van der Waals surface area contributed by atoms with Crippen LogP contribution < -0.4 is 10.1 Å². The number of benzene rings is 1. The molecule has 2 N–H and O–H groups in total. The first kappa shape index (κ1) is 16.5. The number of nitrogens with one attached hydrogen (secondary N) is 1. The molecule has 1 saturated heterocycles. The van der Waals surface area contributed by atoms with E-state index in [1.807, 2.05) is 24.3 Å². The van der Waals surface area contributed by atoms with Crippen molar-refractivity contribution in [1.29, 1.82) is 0 Å². The van der Waals surface area contributed by atoms with Crippen LogP contribution >= 0.6 is 0 Å². The standard InChI is InChI=1S/C19H22N2O3/c1-24-17-7-3-2-5-13(17)11-16(14-8-10-20-12-14)18-15(19(22)23)6-4-9-21-18/h2-7,9,14,16,20H,8,10-12H2,1H3,(H,22,23). The highest BCUT2D eigenvalue weighted by atomic mass is 16.5. The van der Waals surface area contributed by atoms with Crippen LogP contribution in [-0.4, -0.2) is 36.3 Å². The van der Waals surface area contributed by atoms with Gasteiger partial charge in [-0.2, -0.15) is 0 Å². The Morgan fingerprint density at radius 1 is 1.38 bits per heavy atom. The van der Waals surface area contributed by atoms with Gasteiger partial charge in [0.15, 0.2) is 0 Å². The third kappa shape index (κ3) is 3.41. The summed E-state index contributed by atoms with van der Waals surface area (Å²) in [4.78, 5) is 16.1. The lowest BCUT2D eigenvalue weighted by Gasteiger charge is -2.24. The van der Waals surface area contributed by atoms with Gasteiger partial charge in [-0.15, -0.1) is 0 Å². The summed E-state index contributed by atoms with van der Waals surface area (Å²) in [6, 6.07) is 11.2. The van der Waals surface area contributed by atoms with Crippen LogP contribution in [0.3, 0.4) is 0 Å². The number of para-hydroxylation sites is 1. The molecular formula is C19H22N2O3. The highest BCUT2D eigenvalue weighted by molar-refractivity contribution is 5.89. The number of nitrogens with zero attached hydrogens (tertiary/aromatic N) is 1. The van der Waals surface area contributed by atoms with Crippen molar-refractivity contribution in [3.63, 3.8) is 0 Å². The molecule has 2 unspecified atom stereocenters. The van der Waals surface area contributed by atoms with E-state index >= 15 is 0 Å². The third-order valence-corrected chi connectivity index (χ3v) is 4.72. The smallest absolute Gasteiger partial charge is 0.337 e. The molecule has 1 aliphatic rings. The number of hydrogen-bond donors (Lipinski definition) is 2. The molecule has 2 aromatic rings. The maximum absolute atomic E-state index is 11.6. The second-order valence-corrected chi connectivity index (χ2v) is 6.12. The number of carboxylic acids is 1. The van der Waals surface area contributed by atoms with Crippen LogP contribution in [-0.2, 0) is 6.42 Å². The van der Waals surface area contributed by atoms with E-state index < -0.39 is 5.97 Å². The molecule has 0 amide bonds. The van der Waals surface area contributed by atoms with Crippen molar-refractivity contribution in [2.75, 3.05) is 20.2 Å². The quantitative estimate of drug-likeness (QED) is 0.854. The van der Waals surface area contributed by atoms with Crippen molar-refractivity contribution >= 4 is 5.97 Å². The average Bonchev–Trinajstić information content (AvgIpc) is 3.14. The zero-order valence-corrected chi connectivity index (χ0v) is 13.7. The number of aromatic nitrogens is 1. The maximum Gasteiger partial charge on any atom is 0.337 e. The van der Waals surface area contributed by atoms with Gasteiger partial charge in [-0.3, -0.25) is 4.98 Å².